The van der Waals surface area contributed by atoms with E-state index in [1.54, 1.807) is 6.92 Å². The van der Waals surface area contributed by atoms with Gasteiger partial charge in [0, 0.05) is 11.4 Å². The highest BCUT2D eigenvalue weighted by Crippen LogP contribution is 2.25. The highest BCUT2D eigenvalue weighted by atomic mass is 32.1. The highest BCUT2D eigenvalue weighted by Gasteiger charge is 2.17. The minimum atomic E-state index is -0.402. The normalized spacial score (nSPS) is 10.4. The van der Waals surface area contributed by atoms with Crippen LogP contribution in [0.5, 0.6) is 0 Å². The Balaban J connectivity index is 1.69. The monoisotopic (exact) mass is 394 g/mol. The molecule has 1 heterocycles. The summed E-state index contributed by atoms with van der Waals surface area (Å²) in [6.07, 6.45) is 0. The molecular weight excluding hydrogens is 372 g/mol. The molecule has 0 aliphatic rings. The Morgan fingerprint density at radius 2 is 1.64 bits per heavy atom. The number of urea groups is 1. The molecule has 7 heteroatoms. The number of carbonyl (C=O) groups is 2. The molecule has 0 bridgehead atoms. The average Bonchev–Trinajstić information content (AvgIpc) is 2.98. The first-order valence-corrected chi connectivity index (χ1v) is 9.64. The molecule has 3 N–H and O–H groups in total. The number of aryl methyl sites for hydroxylation is 4. The number of hydrogen-bond acceptors (Lipinski definition) is 4. The van der Waals surface area contributed by atoms with Crippen molar-refractivity contribution in [3.8, 4) is 0 Å². The number of amides is 3. The number of rotatable bonds is 4. The molecule has 0 radical (unpaired) electrons. The summed E-state index contributed by atoms with van der Waals surface area (Å²) in [7, 11) is 0. The standard InChI is InChI=1S/C21H22N4O2S/c1-12-6-5-7-16(10-12)23-20(27)25-21-22-15(4)18(28-21)19(26)24-17-11-13(2)8-9-14(17)3/h5-11H,1-4H3,(H,24,26)(H2,22,23,25,27). The van der Waals surface area contributed by atoms with Gasteiger partial charge in [-0.2, -0.15) is 0 Å². The van der Waals surface area contributed by atoms with Gasteiger partial charge >= 0.3 is 6.03 Å². The van der Waals surface area contributed by atoms with Gasteiger partial charge in [-0.05, 0) is 62.6 Å². The minimum Gasteiger partial charge on any atom is -0.321 e. The number of thiazole rings is 1. The molecule has 144 valence electrons. The van der Waals surface area contributed by atoms with Gasteiger partial charge in [-0.1, -0.05) is 35.6 Å². The van der Waals surface area contributed by atoms with Crippen LogP contribution in [-0.2, 0) is 0 Å². The second kappa shape index (κ2) is 8.22. The van der Waals surface area contributed by atoms with Crippen LogP contribution < -0.4 is 16.0 Å². The molecule has 1 aromatic heterocycles. The predicted octanol–water partition coefficient (Wildman–Crippen LogP) is 5.27. The first-order chi connectivity index (χ1) is 13.3. The zero-order valence-corrected chi connectivity index (χ0v) is 17.0. The van der Waals surface area contributed by atoms with Crippen molar-refractivity contribution in [2.75, 3.05) is 16.0 Å². The lowest BCUT2D eigenvalue weighted by atomic mass is 10.1. The molecule has 0 saturated carbocycles. The quantitative estimate of drug-likeness (QED) is 0.563. The summed E-state index contributed by atoms with van der Waals surface area (Å²) in [4.78, 5) is 29.6. The van der Waals surface area contributed by atoms with Crippen LogP contribution >= 0.6 is 11.3 Å². The van der Waals surface area contributed by atoms with E-state index in [1.807, 2.05) is 63.2 Å². The van der Waals surface area contributed by atoms with Crippen LogP contribution in [0, 0.1) is 27.7 Å². The summed E-state index contributed by atoms with van der Waals surface area (Å²) in [6, 6.07) is 13.0. The van der Waals surface area contributed by atoms with Gasteiger partial charge < -0.3 is 10.6 Å². The van der Waals surface area contributed by atoms with Crippen LogP contribution in [-0.4, -0.2) is 16.9 Å². The third kappa shape index (κ3) is 4.75. The third-order valence-corrected chi connectivity index (χ3v) is 5.21. The van der Waals surface area contributed by atoms with E-state index in [2.05, 4.69) is 20.9 Å². The average molecular weight is 395 g/mol. The van der Waals surface area contributed by atoms with Gasteiger partial charge in [-0.15, -0.1) is 0 Å². The van der Waals surface area contributed by atoms with Gasteiger partial charge in [0.05, 0.1) is 5.69 Å². The fourth-order valence-electron chi connectivity index (χ4n) is 2.69. The van der Waals surface area contributed by atoms with Gasteiger partial charge in [0.1, 0.15) is 4.88 Å². The molecule has 0 aliphatic heterocycles. The zero-order valence-electron chi connectivity index (χ0n) is 16.2. The molecule has 0 fully saturated rings. The second-order valence-corrected chi connectivity index (χ2v) is 7.65. The van der Waals surface area contributed by atoms with E-state index in [0.29, 0.717) is 21.4 Å². The van der Waals surface area contributed by atoms with Crippen molar-refractivity contribution < 1.29 is 9.59 Å². The van der Waals surface area contributed by atoms with Gasteiger partial charge in [-0.25, -0.2) is 9.78 Å². The molecule has 28 heavy (non-hydrogen) atoms. The van der Waals surface area contributed by atoms with E-state index in [1.165, 1.54) is 0 Å². The summed E-state index contributed by atoms with van der Waals surface area (Å²) >= 11 is 1.14. The van der Waals surface area contributed by atoms with E-state index >= 15 is 0 Å². The SMILES string of the molecule is Cc1cccc(NC(=O)Nc2nc(C)c(C(=O)Nc3cc(C)ccc3C)s2)c1. The van der Waals surface area contributed by atoms with Crippen molar-refractivity contribution >= 4 is 39.8 Å². The molecule has 3 amide bonds. The molecule has 3 rings (SSSR count). The summed E-state index contributed by atoms with van der Waals surface area (Å²) in [5.41, 5.74) is 5.13. The Morgan fingerprint density at radius 1 is 0.893 bits per heavy atom. The lowest BCUT2D eigenvalue weighted by molar-refractivity contribution is 0.102. The van der Waals surface area contributed by atoms with Crippen LogP contribution in [0.25, 0.3) is 0 Å². The second-order valence-electron chi connectivity index (χ2n) is 6.65. The van der Waals surface area contributed by atoms with E-state index < -0.39 is 6.03 Å². The fourth-order valence-corrected chi connectivity index (χ4v) is 3.55. The summed E-state index contributed by atoms with van der Waals surface area (Å²) < 4.78 is 0. The maximum absolute atomic E-state index is 12.7. The summed E-state index contributed by atoms with van der Waals surface area (Å²) in [5, 5.41) is 8.74. The fraction of sp³-hybridized carbons (Fsp3) is 0.190. The van der Waals surface area contributed by atoms with Crippen molar-refractivity contribution in [3.05, 3.63) is 69.7 Å². The Labute approximate surface area is 168 Å². The Kier molecular flexibility index (Phi) is 5.75. The van der Waals surface area contributed by atoms with Crippen molar-refractivity contribution in [1.29, 1.82) is 0 Å². The zero-order chi connectivity index (χ0) is 20.3. The van der Waals surface area contributed by atoms with Gasteiger partial charge in [0.2, 0.25) is 0 Å². The Morgan fingerprint density at radius 3 is 2.39 bits per heavy atom. The van der Waals surface area contributed by atoms with Crippen LogP contribution in [0.4, 0.5) is 21.3 Å². The molecule has 3 aromatic rings. The lowest BCUT2D eigenvalue weighted by Crippen LogP contribution is -2.19. The number of benzene rings is 2. The third-order valence-electron chi connectivity index (χ3n) is 4.14. The van der Waals surface area contributed by atoms with Crippen molar-refractivity contribution in [3.63, 3.8) is 0 Å². The Hall–Kier alpha value is -3.19. The number of anilines is 3. The van der Waals surface area contributed by atoms with Crippen LogP contribution in [0.3, 0.4) is 0 Å². The number of aromatic nitrogens is 1. The van der Waals surface area contributed by atoms with Crippen molar-refractivity contribution in [2.24, 2.45) is 0 Å². The minimum absolute atomic E-state index is 0.240. The summed E-state index contributed by atoms with van der Waals surface area (Å²) in [5.74, 6) is -0.240. The Bertz CT molecular complexity index is 1040. The number of nitrogens with one attached hydrogen (secondary N) is 3. The van der Waals surface area contributed by atoms with E-state index in [4.69, 9.17) is 0 Å². The van der Waals surface area contributed by atoms with Gasteiger partial charge in [0.25, 0.3) is 5.91 Å². The molecule has 2 aromatic carbocycles. The first kappa shape index (κ1) is 19.6. The number of carbonyl (C=O) groups excluding carboxylic acids is 2. The lowest BCUT2D eigenvalue weighted by Gasteiger charge is -2.08. The van der Waals surface area contributed by atoms with Crippen LogP contribution in [0.2, 0.25) is 0 Å². The van der Waals surface area contributed by atoms with Crippen LogP contribution in [0.1, 0.15) is 32.1 Å². The molecule has 0 spiro atoms. The van der Waals surface area contributed by atoms with E-state index in [9.17, 15) is 9.59 Å². The van der Waals surface area contributed by atoms with Crippen LogP contribution in [0.15, 0.2) is 42.5 Å². The maximum Gasteiger partial charge on any atom is 0.325 e. The number of hydrogen-bond donors (Lipinski definition) is 3. The van der Waals surface area contributed by atoms with Gasteiger partial charge in [0.15, 0.2) is 5.13 Å². The molecule has 6 nitrogen and oxygen atoms in total. The molecular formula is C21H22N4O2S. The number of nitrogens with zero attached hydrogens (tertiary/aromatic N) is 1. The predicted molar refractivity (Wildman–Crippen MR) is 115 cm³/mol. The summed E-state index contributed by atoms with van der Waals surface area (Å²) in [6.45, 7) is 7.62. The molecule has 0 atom stereocenters. The van der Waals surface area contributed by atoms with Crippen molar-refractivity contribution in [2.45, 2.75) is 27.7 Å². The molecule has 0 unspecified atom stereocenters. The first-order valence-electron chi connectivity index (χ1n) is 8.82. The van der Waals surface area contributed by atoms with Gasteiger partial charge in [-0.3, -0.25) is 10.1 Å². The smallest absolute Gasteiger partial charge is 0.321 e. The van der Waals surface area contributed by atoms with E-state index in [0.717, 1.165) is 33.7 Å². The molecule has 0 saturated heterocycles. The largest absolute Gasteiger partial charge is 0.325 e. The molecule has 0 aliphatic carbocycles. The van der Waals surface area contributed by atoms with Crippen molar-refractivity contribution in [1.82, 2.24) is 4.98 Å². The maximum atomic E-state index is 12.7. The topological polar surface area (TPSA) is 83.1 Å². The van der Waals surface area contributed by atoms with E-state index in [-0.39, 0.29) is 5.91 Å². The highest BCUT2D eigenvalue weighted by molar-refractivity contribution is 7.17.